The molecule has 4 rings (SSSR count). The summed E-state index contributed by atoms with van der Waals surface area (Å²) in [6.45, 7) is 15.8. The van der Waals surface area contributed by atoms with Crippen LogP contribution in [0.3, 0.4) is 0 Å². The molecule has 0 radical (unpaired) electrons. The normalized spacial score (nSPS) is 33.0. The zero-order valence-electron chi connectivity index (χ0n) is 20.9. The SMILES string of the molecule is C=C(C)[C@H]1CCC2=C(C(=O)O[C@@H]3C[C@H](C)CC[C@H]3C(C)(C)c3ccccc3)CCC[C@@]21C. The van der Waals surface area contributed by atoms with Gasteiger partial charge in [0.25, 0.3) is 0 Å². The summed E-state index contributed by atoms with van der Waals surface area (Å²) >= 11 is 0. The molecule has 0 heterocycles. The molecular formula is C30H42O2. The largest absolute Gasteiger partial charge is 0.459 e. The minimum atomic E-state index is -0.0266. The topological polar surface area (TPSA) is 26.3 Å². The number of carbonyl (C=O) groups excluding carboxylic acids is 1. The molecule has 0 bridgehead atoms. The van der Waals surface area contributed by atoms with Gasteiger partial charge in [0.1, 0.15) is 6.10 Å². The van der Waals surface area contributed by atoms with Crippen molar-refractivity contribution in [2.45, 2.75) is 97.5 Å². The molecule has 1 aromatic carbocycles. The lowest BCUT2D eigenvalue weighted by atomic mass is 9.64. The second-order valence-corrected chi connectivity index (χ2v) is 11.7. The molecule has 3 aliphatic carbocycles. The number of hydrogen-bond acceptors (Lipinski definition) is 2. The first-order chi connectivity index (χ1) is 15.1. The Hall–Kier alpha value is -1.83. The van der Waals surface area contributed by atoms with Crippen molar-refractivity contribution in [1.82, 2.24) is 0 Å². The van der Waals surface area contributed by atoms with Crippen molar-refractivity contribution in [3.05, 3.63) is 59.2 Å². The Morgan fingerprint density at radius 2 is 1.84 bits per heavy atom. The first kappa shape index (κ1) is 23.3. The molecule has 0 aliphatic heterocycles. The third-order valence-corrected chi connectivity index (χ3v) is 9.23. The molecule has 0 aromatic heterocycles. The van der Waals surface area contributed by atoms with E-state index in [2.05, 4.69) is 71.5 Å². The summed E-state index contributed by atoms with van der Waals surface area (Å²) in [5.41, 5.74) is 5.06. The van der Waals surface area contributed by atoms with Gasteiger partial charge in [-0.25, -0.2) is 4.79 Å². The standard InChI is InChI=1S/C30H42O2/c1-20(2)24-16-17-25-23(13-10-18-30(24,25)6)28(31)32-27-19-21(3)14-15-26(27)29(4,5)22-11-8-7-9-12-22/h7-9,11-12,21,24,26-27H,1,10,13-19H2,2-6H3/t21-,24-,26-,27-,30-/m1/s1. The lowest BCUT2D eigenvalue weighted by molar-refractivity contribution is -0.152. The van der Waals surface area contributed by atoms with Crippen LogP contribution >= 0.6 is 0 Å². The molecule has 5 atom stereocenters. The fourth-order valence-corrected chi connectivity index (χ4v) is 7.30. The number of fused-ring (bicyclic) bond motifs is 1. The molecule has 0 amide bonds. The van der Waals surface area contributed by atoms with Crippen LogP contribution in [0.5, 0.6) is 0 Å². The number of ether oxygens (including phenoxy) is 1. The zero-order chi connectivity index (χ0) is 23.1. The fraction of sp³-hybridized carbons (Fsp3) is 0.633. The quantitative estimate of drug-likeness (QED) is 0.349. The van der Waals surface area contributed by atoms with Gasteiger partial charge in [-0.05, 0) is 80.1 Å². The van der Waals surface area contributed by atoms with Crippen LogP contribution in [-0.2, 0) is 14.9 Å². The van der Waals surface area contributed by atoms with Gasteiger partial charge in [0.05, 0.1) is 0 Å². The van der Waals surface area contributed by atoms with E-state index in [4.69, 9.17) is 4.74 Å². The molecule has 32 heavy (non-hydrogen) atoms. The second kappa shape index (κ2) is 8.84. The van der Waals surface area contributed by atoms with Crippen LogP contribution in [0.4, 0.5) is 0 Å². The van der Waals surface area contributed by atoms with E-state index in [1.165, 1.54) is 29.6 Å². The van der Waals surface area contributed by atoms with E-state index in [9.17, 15) is 4.79 Å². The highest BCUT2D eigenvalue weighted by molar-refractivity contribution is 5.90. The average Bonchev–Trinajstić information content (AvgIpc) is 3.11. The zero-order valence-corrected chi connectivity index (χ0v) is 20.9. The number of hydrogen-bond donors (Lipinski definition) is 0. The predicted molar refractivity (Wildman–Crippen MR) is 132 cm³/mol. The minimum absolute atomic E-state index is 0.0129. The molecule has 1 aromatic rings. The van der Waals surface area contributed by atoms with Crippen molar-refractivity contribution >= 4 is 5.97 Å². The highest BCUT2D eigenvalue weighted by Crippen LogP contribution is 2.57. The van der Waals surface area contributed by atoms with Gasteiger partial charge in [0.15, 0.2) is 0 Å². The summed E-state index contributed by atoms with van der Waals surface area (Å²) in [6.07, 6.45) is 8.56. The second-order valence-electron chi connectivity index (χ2n) is 11.7. The maximum Gasteiger partial charge on any atom is 0.334 e. The Balaban J connectivity index is 1.60. The van der Waals surface area contributed by atoms with Crippen molar-refractivity contribution in [3.8, 4) is 0 Å². The van der Waals surface area contributed by atoms with Crippen molar-refractivity contribution in [1.29, 1.82) is 0 Å². The number of carbonyl (C=O) groups is 1. The van der Waals surface area contributed by atoms with E-state index in [1.54, 1.807) is 0 Å². The van der Waals surface area contributed by atoms with E-state index in [-0.39, 0.29) is 22.9 Å². The molecule has 0 spiro atoms. The molecule has 3 aliphatic rings. The lowest BCUT2D eigenvalue weighted by Crippen LogP contribution is -2.44. The summed E-state index contributed by atoms with van der Waals surface area (Å²) in [4.78, 5) is 13.6. The number of benzene rings is 1. The van der Waals surface area contributed by atoms with Crippen molar-refractivity contribution < 1.29 is 9.53 Å². The van der Waals surface area contributed by atoms with Crippen LogP contribution in [-0.4, -0.2) is 12.1 Å². The van der Waals surface area contributed by atoms with Crippen molar-refractivity contribution in [2.75, 3.05) is 0 Å². The van der Waals surface area contributed by atoms with E-state index in [1.807, 2.05) is 0 Å². The van der Waals surface area contributed by atoms with Gasteiger partial charge in [0.2, 0.25) is 0 Å². The first-order valence-electron chi connectivity index (χ1n) is 12.8. The van der Waals surface area contributed by atoms with Gasteiger partial charge in [-0.1, -0.05) is 82.2 Å². The average molecular weight is 435 g/mol. The lowest BCUT2D eigenvalue weighted by Gasteiger charge is -2.44. The van der Waals surface area contributed by atoms with Crippen molar-refractivity contribution in [2.24, 2.45) is 23.2 Å². The van der Waals surface area contributed by atoms with Gasteiger partial charge in [-0.3, -0.25) is 0 Å². The Bertz CT molecular complexity index is 893. The van der Waals surface area contributed by atoms with Crippen LogP contribution in [0.15, 0.2) is 53.6 Å². The number of allylic oxidation sites excluding steroid dienone is 2. The van der Waals surface area contributed by atoms with E-state index in [0.717, 1.165) is 44.1 Å². The van der Waals surface area contributed by atoms with Gasteiger partial charge in [-0.15, -0.1) is 0 Å². The smallest absolute Gasteiger partial charge is 0.334 e. The fourth-order valence-electron chi connectivity index (χ4n) is 7.30. The summed E-state index contributed by atoms with van der Waals surface area (Å²) in [5, 5.41) is 0. The van der Waals surface area contributed by atoms with Crippen molar-refractivity contribution in [3.63, 3.8) is 0 Å². The van der Waals surface area contributed by atoms with E-state index >= 15 is 0 Å². The van der Waals surface area contributed by atoms with Gasteiger partial charge < -0.3 is 4.74 Å². The highest BCUT2D eigenvalue weighted by atomic mass is 16.5. The third kappa shape index (κ3) is 4.11. The monoisotopic (exact) mass is 434 g/mol. The first-order valence-corrected chi connectivity index (χ1v) is 12.8. The van der Waals surface area contributed by atoms with Crippen LogP contribution in [0.25, 0.3) is 0 Å². The Morgan fingerprint density at radius 3 is 2.53 bits per heavy atom. The molecule has 2 saturated carbocycles. The third-order valence-electron chi connectivity index (χ3n) is 9.23. The van der Waals surface area contributed by atoms with Crippen LogP contribution in [0, 0.1) is 23.2 Å². The number of esters is 1. The molecule has 0 unspecified atom stereocenters. The molecule has 0 N–H and O–H groups in total. The predicted octanol–water partition coefficient (Wildman–Crippen LogP) is 7.79. The molecular weight excluding hydrogens is 392 g/mol. The summed E-state index contributed by atoms with van der Waals surface area (Å²) in [5.74, 6) is 1.42. The summed E-state index contributed by atoms with van der Waals surface area (Å²) in [7, 11) is 0. The molecule has 174 valence electrons. The minimum Gasteiger partial charge on any atom is -0.459 e. The molecule has 0 saturated heterocycles. The Labute approximate surface area is 195 Å². The van der Waals surface area contributed by atoms with E-state index in [0.29, 0.717) is 17.8 Å². The Kier molecular flexibility index (Phi) is 6.45. The highest BCUT2D eigenvalue weighted by Gasteiger charge is 2.48. The van der Waals surface area contributed by atoms with Gasteiger partial charge >= 0.3 is 5.97 Å². The number of rotatable bonds is 5. The molecule has 2 nitrogen and oxygen atoms in total. The maximum absolute atomic E-state index is 13.6. The van der Waals surface area contributed by atoms with E-state index < -0.39 is 0 Å². The van der Waals surface area contributed by atoms with Crippen LogP contribution in [0.1, 0.15) is 91.5 Å². The van der Waals surface area contributed by atoms with Crippen LogP contribution < -0.4 is 0 Å². The van der Waals surface area contributed by atoms with Gasteiger partial charge in [0, 0.05) is 11.5 Å². The summed E-state index contributed by atoms with van der Waals surface area (Å²) < 4.78 is 6.45. The summed E-state index contributed by atoms with van der Waals surface area (Å²) in [6, 6.07) is 10.8. The Morgan fingerprint density at radius 1 is 1.12 bits per heavy atom. The van der Waals surface area contributed by atoms with Gasteiger partial charge in [-0.2, -0.15) is 0 Å². The van der Waals surface area contributed by atoms with Crippen LogP contribution in [0.2, 0.25) is 0 Å². The molecule has 2 heteroatoms. The molecule has 2 fully saturated rings. The maximum atomic E-state index is 13.6.